The maximum Gasteiger partial charge on any atom is 0.294 e. The molecule has 1 heterocycles. The van der Waals surface area contributed by atoms with Gasteiger partial charge >= 0.3 is 0 Å². The molecule has 0 saturated carbocycles. The first-order valence-electron chi connectivity index (χ1n) is 7.70. The van der Waals surface area contributed by atoms with Crippen LogP contribution in [0, 0.1) is 5.82 Å². The summed E-state index contributed by atoms with van der Waals surface area (Å²) < 4.78 is 13.2. The highest BCUT2D eigenvalue weighted by atomic mass is 35.5. The van der Waals surface area contributed by atoms with Gasteiger partial charge in [0.15, 0.2) is 0 Å². The van der Waals surface area contributed by atoms with Crippen LogP contribution in [0.4, 0.5) is 14.9 Å². The van der Waals surface area contributed by atoms with Gasteiger partial charge in [-0.2, -0.15) is 0 Å². The van der Waals surface area contributed by atoms with Gasteiger partial charge in [0.05, 0.1) is 9.93 Å². The van der Waals surface area contributed by atoms with Gasteiger partial charge in [0.2, 0.25) is 5.91 Å². The number of thioether (sulfide) groups is 1. The number of hydrogen-bond donors (Lipinski definition) is 1. The van der Waals surface area contributed by atoms with Crippen molar-refractivity contribution in [1.82, 2.24) is 4.90 Å². The number of nitrogens with one attached hydrogen (secondary N) is 1. The summed E-state index contributed by atoms with van der Waals surface area (Å²) in [6.45, 7) is -0.507. The molecule has 144 valence electrons. The van der Waals surface area contributed by atoms with Crippen LogP contribution in [0.15, 0.2) is 41.3 Å². The average Bonchev–Trinajstić information content (AvgIpc) is 2.89. The molecule has 1 aliphatic rings. The van der Waals surface area contributed by atoms with E-state index in [4.69, 9.17) is 34.8 Å². The molecule has 0 radical (unpaired) electrons. The lowest BCUT2D eigenvalue weighted by Crippen LogP contribution is -2.36. The Morgan fingerprint density at radius 3 is 2.43 bits per heavy atom. The molecule has 0 atom stereocenters. The van der Waals surface area contributed by atoms with E-state index >= 15 is 0 Å². The molecule has 2 aromatic carbocycles. The molecule has 0 aromatic heterocycles. The van der Waals surface area contributed by atoms with Crippen LogP contribution in [0.2, 0.25) is 15.1 Å². The molecule has 2 aromatic rings. The fraction of sp³-hybridized carbons (Fsp3) is 0.0556. The highest BCUT2D eigenvalue weighted by molar-refractivity contribution is 8.18. The number of imide groups is 1. The number of rotatable bonds is 4. The Bertz CT molecular complexity index is 1010. The first kappa shape index (κ1) is 20.7. The van der Waals surface area contributed by atoms with Crippen molar-refractivity contribution in [3.05, 3.63) is 67.8 Å². The zero-order chi connectivity index (χ0) is 20.4. The quantitative estimate of drug-likeness (QED) is 0.617. The number of halogens is 4. The first-order valence-corrected chi connectivity index (χ1v) is 9.65. The topological polar surface area (TPSA) is 66.5 Å². The zero-order valence-electron chi connectivity index (χ0n) is 13.8. The van der Waals surface area contributed by atoms with Gasteiger partial charge in [0.1, 0.15) is 12.4 Å². The van der Waals surface area contributed by atoms with Crippen molar-refractivity contribution in [2.24, 2.45) is 0 Å². The Kier molecular flexibility index (Phi) is 6.30. The summed E-state index contributed by atoms with van der Waals surface area (Å²) in [5.41, 5.74) is 0.642. The fourth-order valence-electron chi connectivity index (χ4n) is 2.33. The fourth-order valence-corrected chi connectivity index (χ4v) is 3.84. The van der Waals surface area contributed by atoms with E-state index in [1.165, 1.54) is 18.2 Å². The largest absolute Gasteiger partial charge is 0.324 e. The smallest absolute Gasteiger partial charge is 0.294 e. The molecule has 28 heavy (non-hydrogen) atoms. The molecular weight excluding hydrogens is 450 g/mol. The summed E-state index contributed by atoms with van der Waals surface area (Å²) in [5.74, 6) is -1.91. The summed E-state index contributed by atoms with van der Waals surface area (Å²) in [4.78, 5) is 37.7. The summed E-state index contributed by atoms with van der Waals surface area (Å²) >= 11 is 18.5. The molecule has 0 bridgehead atoms. The highest BCUT2D eigenvalue weighted by Crippen LogP contribution is 2.35. The third kappa shape index (κ3) is 4.50. The maximum absolute atomic E-state index is 13.2. The molecule has 0 aliphatic carbocycles. The van der Waals surface area contributed by atoms with Crippen molar-refractivity contribution < 1.29 is 18.8 Å². The average molecular weight is 460 g/mol. The summed E-state index contributed by atoms with van der Waals surface area (Å²) in [6.07, 6.45) is 1.41. The monoisotopic (exact) mass is 458 g/mol. The molecule has 5 nitrogen and oxygen atoms in total. The van der Waals surface area contributed by atoms with Crippen LogP contribution >= 0.6 is 46.6 Å². The van der Waals surface area contributed by atoms with E-state index in [9.17, 15) is 18.8 Å². The van der Waals surface area contributed by atoms with Crippen molar-refractivity contribution in [2.75, 3.05) is 11.9 Å². The number of amides is 3. The third-order valence-corrected chi connectivity index (χ3v) is 5.51. The predicted octanol–water partition coefficient (Wildman–Crippen LogP) is 5.46. The minimum Gasteiger partial charge on any atom is -0.324 e. The lowest BCUT2D eigenvalue weighted by Gasteiger charge is -2.12. The number of benzene rings is 2. The van der Waals surface area contributed by atoms with E-state index in [0.717, 1.165) is 11.0 Å². The van der Waals surface area contributed by atoms with Crippen LogP contribution < -0.4 is 5.32 Å². The normalized spacial score (nSPS) is 15.4. The second kappa shape index (κ2) is 8.53. The van der Waals surface area contributed by atoms with Crippen LogP contribution in [0.25, 0.3) is 6.08 Å². The Balaban J connectivity index is 1.74. The summed E-state index contributed by atoms with van der Waals surface area (Å²) in [5, 5.41) is 2.33. The second-order valence-corrected chi connectivity index (χ2v) is 7.80. The van der Waals surface area contributed by atoms with E-state index in [2.05, 4.69) is 5.32 Å². The number of carbonyl (C=O) groups is 3. The number of anilines is 1. The van der Waals surface area contributed by atoms with Crippen LogP contribution in [0.1, 0.15) is 5.56 Å². The van der Waals surface area contributed by atoms with Gasteiger partial charge in [-0.25, -0.2) is 4.39 Å². The minimum atomic E-state index is -0.640. The molecule has 10 heteroatoms. The van der Waals surface area contributed by atoms with Gasteiger partial charge in [-0.1, -0.05) is 40.9 Å². The van der Waals surface area contributed by atoms with Gasteiger partial charge in [0.25, 0.3) is 11.1 Å². The van der Waals surface area contributed by atoms with Crippen LogP contribution in [0.3, 0.4) is 0 Å². The maximum atomic E-state index is 13.2. The highest BCUT2D eigenvalue weighted by Gasteiger charge is 2.36. The lowest BCUT2D eigenvalue weighted by atomic mass is 10.2. The summed E-state index contributed by atoms with van der Waals surface area (Å²) in [6, 6.07) is 8.48. The molecule has 0 spiro atoms. The predicted molar refractivity (Wildman–Crippen MR) is 109 cm³/mol. The van der Waals surface area contributed by atoms with Gasteiger partial charge in [-0.3, -0.25) is 19.3 Å². The number of hydrogen-bond acceptors (Lipinski definition) is 4. The van der Waals surface area contributed by atoms with E-state index < -0.39 is 29.4 Å². The van der Waals surface area contributed by atoms with Gasteiger partial charge in [0, 0.05) is 21.3 Å². The second-order valence-electron chi connectivity index (χ2n) is 5.58. The van der Waals surface area contributed by atoms with Crippen LogP contribution in [-0.4, -0.2) is 28.5 Å². The molecule has 1 N–H and O–H groups in total. The Hall–Kier alpha value is -2.06. The lowest BCUT2D eigenvalue weighted by molar-refractivity contribution is -0.127. The van der Waals surface area contributed by atoms with E-state index in [1.807, 2.05) is 0 Å². The zero-order valence-corrected chi connectivity index (χ0v) is 16.9. The first-order chi connectivity index (χ1) is 13.3. The van der Waals surface area contributed by atoms with E-state index in [0.29, 0.717) is 27.4 Å². The van der Waals surface area contributed by atoms with Gasteiger partial charge in [-0.15, -0.1) is 0 Å². The van der Waals surface area contributed by atoms with Gasteiger partial charge in [-0.05, 0) is 48.2 Å². The molecule has 0 unspecified atom stereocenters. The number of carbonyl (C=O) groups excluding carboxylic acids is 3. The van der Waals surface area contributed by atoms with Crippen molar-refractivity contribution >= 4 is 75.4 Å². The van der Waals surface area contributed by atoms with Crippen molar-refractivity contribution in [1.29, 1.82) is 0 Å². The van der Waals surface area contributed by atoms with E-state index in [1.54, 1.807) is 18.2 Å². The molecule has 3 rings (SSSR count). The SMILES string of the molecule is O=C(CN1C(=O)S/C(=C/c2c(Cl)cccc2Cl)C1=O)Nc1ccc(F)c(Cl)c1. The Morgan fingerprint density at radius 2 is 1.79 bits per heavy atom. The van der Waals surface area contributed by atoms with Crippen molar-refractivity contribution in [2.45, 2.75) is 0 Å². The van der Waals surface area contributed by atoms with Crippen molar-refractivity contribution in [3.8, 4) is 0 Å². The third-order valence-electron chi connectivity index (χ3n) is 3.65. The Labute approximate surface area is 178 Å². The molecule has 1 fully saturated rings. The number of nitrogens with zero attached hydrogens (tertiary/aromatic N) is 1. The Morgan fingerprint density at radius 1 is 1.11 bits per heavy atom. The van der Waals surface area contributed by atoms with E-state index in [-0.39, 0.29) is 15.6 Å². The molecule has 3 amide bonds. The minimum absolute atomic E-state index is 0.0950. The van der Waals surface area contributed by atoms with Crippen LogP contribution in [0.5, 0.6) is 0 Å². The van der Waals surface area contributed by atoms with Crippen molar-refractivity contribution in [3.63, 3.8) is 0 Å². The standard InChI is InChI=1S/C18H10Cl3FN2O3S/c19-11-2-1-3-12(20)10(11)7-15-17(26)24(18(27)28-15)8-16(25)23-9-4-5-14(22)13(21)6-9/h1-7H,8H2,(H,23,25)/b15-7+. The molecular formula is C18H10Cl3FN2O3S. The molecule has 1 aliphatic heterocycles. The van der Waals surface area contributed by atoms with Gasteiger partial charge < -0.3 is 5.32 Å². The molecule has 1 saturated heterocycles. The summed E-state index contributed by atoms with van der Waals surface area (Å²) in [7, 11) is 0. The van der Waals surface area contributed by atoms with Crippen LogP contribution in [-0.2, 0) is 9.59 Å².